The maximum absolute atomic E-state index is 5.64. The molecular weight excluding hydrogens is 206 g/mol. The SMILES string of the molecule is Cc1ccc(C(C)(C)CNCCl)cc1C. The van der Waals surface area contributed by atoms with Crippen molar-refractivity contribution in [1.82, 2.24) is 5.32 Å². The van der Waals surface area contributed by atoms with Gasteiger partial charge in [-0.1, -0.05) is 32.0 Å². The summed E-state index contributed by atoms with van der Waals surface area (Å²) in [5.41, 5.74) is 4.20. The van der Waals surface area contributed by atoms with Gasteiger partial charge in [-0.15, -0.1) is 11.6 Å². The zero-order valence-electron chi connectivity index (χ0n) is 10.0. The summed E-state index contributed by atoms with van der Waals surface area (Å²) >= 11 is 5.64. The summed E-state index contributed by atoms with van der Waals surface area (Å²) in [6.07, 6.45) is 0. The Morgan fingerprint density at radius 3 is 2.40 bits per heavy atom. The molecule has 0 saturated heterocycles. The molecule has 2 heteroatoms. The highest BCUT2D eigenvalue weighted by Gasteiger charge is 2.20. The molecule has 0 aliphatic rings. The van der Waals surface area contributed by atoms with Crippen LogP contribution >= 0.6 is 11.6 Å². The second-order valence-corrected chi connectivity index (χ2v) is 5.01. The van der Waals surface area contributed by atoms with Gasteiger partial charge in [0, 0.05) is 12.0 Å². The van der Waals surface area contributed by atoms with E-state index in [9.17, 15) is 0 Å². The standard InChI is InChI=1S/C13H20ClN/c1-10-5-6-12(7-11(10)2)13(3,4)8-15-9-14/h5-7,15H,8-9H2,1-4H3. The first-order chi connectivity index (χ1) is 6.97. The maximum atomic E-state index is 5.64. The third-order valence-electron chi connectivity index (χ3n) is 2.95. The molecule has 0 saturated carbocycles. The summed E-state index contributed by atoms with van der Waals surface area (Å²) in [6.45, 7) is 9.67. The summed E-state index contributed by atoms with van der Waals surface area (Å²) in [5, 5.41) is 3.19. The van der Waals surface area contributed by atoms with Gasteiger partial charge in [0.25, 0.3) is 0 Å². The van der Waals surface area contributed by atoms with E-state index in [-0.39, 0.29) is 5.41 Å². The van der Waals surface area contributed by atoms with Crippen LogP contribution in [0.1, 0.15) is 30.5 Å². The number of hydrogen-bond donors (Lipinski definition) is 1. The molecule has 1 aromatic rings. The molecule has 1 rings (SSSR count). The van der Waals surface area contributed by atoms with Crippen LogP contribution < -0.4 is 5.32 Å². The second-order valence-electron chi connectivity index (χ2n) is 4.74. The highest BCUT2D eigenvalue weighted by molar-refractivity contribution is 6.17. The zero-order chi connectivity index (χ0) is 11.5. The molecule has 1 aromatic carbocycles. The average molecular weight is 226 g/mol. The first-order valence-electron chi connectivity index (χ1n) is 5.32. The maximum Gasteiger partial charge on any atom is 0.0713 e. The van der Waals surface area contributed by atoms with Crippen LogP contribution in [-0.2, 0) is 5.41 Å². The van der Waals surface area contributed by atoms with Crippen LogP contribution in [0.5, 0.6) is 0 Å². The Balaban J connectivity index is 2.89. The third kappa shape index (κ3) is 3.22. The smallest absolute Gasteiger partial charge is 0.0713 e. The fourth-order valence-electron chi connectivity index (χ4n) is 1.62. The van der Waals surface area contributed by atoms with Crippen LogP contribution in [0.3, 0.4) is 0 Å². The Morgan fingerprint density at radius 1 is 1.20 bits per heavy atom. The largest absolute Gasteiger partial charge is 0.303 e. The van der Waals surface area contributed by atoms with Gasteiger partial charge in [0.2, 0.25) is 0 Å². The Labute approximate surface area is 97.8 Å². The number of benzene rings is 1. The average Bonchev–Trinajstić information content (AvgIpc) is 2.19. The molecule has 0 heterocycles. The predicted molar refractivity (Wildman–Crippen MR) is 67.7 cm³/mol. The highest BCUT2D eigenvalue weighted by atomic mass is 35.5. The summed E-state index contributed by atoms with van der Waals surface area (Å²) in [6, 6.07) is 7.17. The van der Waals surface area contributed by atoms with Crippen LogP contribution in [-0.4, -0.2) is 12.5 Å². The van der Waals surface area contributed by atoms with Crippen LogP contribution in [0.4, 0.5) is 0 Å². The fraction of sp³-hybridized carbons (Fsp3) is 0.538. The lowest BCUT2D eigenvalue weighted by Crippen LogP contribution is -2.32. The van der Waals surface area contributed by atoms with Gasteiger partial charge < -0.3 is 5.32 Å². The minimum absolute atomic E-state index is 0.132. The zero-order valence-corrected chi connectivity index (χ0v) is 10.8. The molecule has 0 aliphatic heterocycles. The fourth-order valence-corrected chi connectivity index (χ4v) is 1.72. The van der Waals surface area contributed by atoms with Crippen LogP contribution in [0, 0.1) is 13.8 Å². The molecule has 0 radical (unpaired) electrons. The van der Waals surface area contributed by atoms with Crippen molar-refractivity contribution in [2.75, 3.05) is 12.5 Å². The summed E-state index contributed by atoms with van der Waals surface area (Å²) in [5.74, 6) is 0. The van der Waals surface area contributed by atoms with Gasteiger partial charge in [0.05, 0.1) is 6.00 Å². The molecule has 0 bridgehead atoms. The minimum atomic E-state index is 0.132. The van der Waals surface area contributed by atoms with Gasteiger partial charge >= 0.3 is 0 Å². The monoisotopic (exact) mass is 225 g/mol. The van der Waals surface area contributed by atoms with Crippen LogP contribution in [0.2, 0.25) is 0 Å². The van der Waals surface area contributed by atoms with E-state index >= 15 is 0 Å². The molecule has 0 unspecified atom stereocenters. The molecular formula is C13H20ClN. The number of rotatable bonds is 4. The van der Waals surface area contributed by atoms with Gasteiger partial charge in [0.15, 0.2) is 0 Å². The lowest BCUT2D eigenvalue weighted by molar-refractivity contribution is 0.488. The molecule has 0 aliphatic carbocycles. The molecule has 0 spiro atoms. The van der Waals surface area contributed by atoms with Crippen molar-refractivity contribution in [3.63, 3.8) is 0 Å². The number of halogens is 1. The first-order valence-corrected chi connectivity index (χ1v) is 5.85. The Bertz CT molecular complexity index is 331. The molecule has 15 heavy (non-hydrogen) atoms. The van der Waals surface area contributed by atoms with E-state index in [1.54, 1.807) is 0 Å². The van der Waals surface area contributed by atoms with E-state index in [1.807, 2.05) is 0 Å². The van der Waals surface area contributed by atoms with E-state index in [1.165, 1.54) is 16.7 Å². The lowest BCUT2D eigenvalue weighted by atomic mass is 9.83. The third-order valence-corrected chi connectivity index (χ3v) is 3.14. The Morgan fingerprint density at radius 2 is 1.87 bits per heavy atom. The molecule has 0 aromatic heterocycles. The van der Waals surface area contributed by atoms with Crippen molar-refractivity contribution < 1.29 is 0 Å². The number of alkyl halides is 1. The van der Waals surface area contributed by atoms with Gasteiger partial charge in [-0.2, -0.15) is 0 Å². The summed E-state index contributed by atoms with van der Waals surface area (Å²) in [7, 11) is 0. The van der Waals surface area contributed by atoms with Gasteiger partial charge in [-0.3, -0.25) is 0 Å². The van der Waals surface area contributed by atoms with E-state index in [4.69, 9.17) is 11.6 Å². The van der Waals surface area contributed by atoms with Crippen LogP contribution in [0.15, 0.2) is 18.2 Å². The topological polar surface area (TPSA) is 12.0 Å². The van der Waals surface area contributed by atoms with E-state index in [0.717, 1.165) is 6.54 Å². The molecule has 0 atom stereocenters. The van der Waals surface area contributed by atoms with E-state index < -0.39 is 0 Å². The van der Waals surface area contributed by atoms with E-state index in [2.05, 4.69) is 51.2 Å². The van der Waals surface area contributed by atoms with Crippen molar-refractivity contribution in [3.05, 3.63) is 34.9 Å². The molecule has 84 valence electrons. The molecule has 0 fully saturated rings. The van der Waals surface area contributed by atoms with Gasteiger partial charge in [-0.05, 0) is 30.5 Å². The molecule has 1 N–H and O–H groups in total. The number of hydrogen-bond acceptors (Lipinski definition) is 1. The number of nitrogens with one attached hydrogen (secondary N) is 1. The van der Waals surface area contributed by atoms with Gasteiger partial charge in [0.1, 0.15) is 0 Å². The van der Waals surface area contributed by atoms with Crippen molar-refractivity contribution >= 4 is 11.6 Å². The summed E-state index contributed by atoms with van der Waals surface area (Å²) in [4.78, 5) is 0. The van der Waals surface area contributed by atoms with Crippen molar-refractivity contribution in [2.24, 2.45) is 0 Å². The molecule has 0 amide bonds. The minimum Gasteiger partial charge on any atom is -0.303 e. The van der Waals surface area contributed by atoms with Crippen molar-refractivity contribution in [1.29, 1.82) is 0 Å². The molecule has 1 nitrogen and oxygen atoms in total. The van der Waals surface area contributed by atoms with E-state index in [0.29, 0.717) is 6.00 Å². The van der Waals surface area contributed by atoms with Crippen LogP contribution in [0.25, 0.3) is 0 Å². The van der Waals surface area contributed by atoms with Crippen molar-refractivity contribution in [2.45, 2.75) is 33.1 Å². The number of aryl methyl sites for hydroxylation is 2. The summed E-state index contributed by atoms with van der Waals surface area (Å²) < 4.78 is 0. The predicted octanol–water partition coefficient (Wildman–Crippen LogP) is 3.37. The Hall–Kier alpha value is -0.530. The lowest BCUT2D eigenvalue weighted by Gasteiger charge is -2.26. The second kappa shape index (κ2) is 5.00. The van der Waals surface area contributed by atoms with Crippen molar-refractivity contribution in [3.8, 4) is 0 Å². The Kier molecular flexibility index (Phi) is 4.18. The normalized spacial score (nSPS) is 11.8. The first kappa shape index (κ1) is 12.5. The quantitative estimate of drug-likeness (QED) is 0.612. The highest BCUT2D eigenvalue weighted by Crippen LogP contribution is 2.24. The van der Waals surface area contributed by atoms with Gasteiger partial charge in [-0.25, -0.2) is 0 Å².